The zero-order valence-electron chi connectivity index (χ0n) is 14.2. The van der Waals surface area contributed by atoms with Crippen LogP contribution in [0, 0.1) is 5.92 Å². The van der Waals surface area contributed by atoms with Crippen molar-refractivity contribution < 1.29 is 14.3 Å². The van der Waals surface area contributed by atoms with E-state index >= 15 is 0 Å². The molecule has 0 spiro atoms. The lowest BCUT2D eigenvalue weighted by Crippen LogP contribution is -2.49. The Morgan fingerprint density at radius 1 is 1.14 bits per heavy atom. The van der Waals surface area contributed by atoms with Crippen LogP contribution < -0.4 is 0 Å². The van der Waals surface area contributed by atoms with Gasteiger partial charge in [-0.3, -0.25) is 4.79 Å². The molecule has 2 rings (SSSR count). The highest BCUT2D eigenvalue weighted by molar-refractivity contribution is 5.79. The number of hydrogen-bond acceptors (Lipinski definition) is 3. The van der Waals surface area contributed by atoms with Crippen LogP contribution in [0.5, 0.6) is 0 Å². The van der Waals surface area contributed by atoms with E-state index in [1.54, 1.807) is 4.90 Å². The molecule has 22 heavy (non-hydrogen) atoms. The van der Waals surface area contributed by atoms with Gasteiger partial charge in [-0.05, 0) is 46.5 Å². The number of piperidine rings is 1. The average Bonchev–Trinajstić information content (AvgIpc) is 2.98. The fourth-order valence-electron chi connectivity index (χ4n) is 3.05. The fourth-order valence-corrected chi connectivity index (χ4v) is 3.05. The second-order valence-corrected chi connectivity index (χ2v) is 7.29. The molecule has 0 bridgehead atoms. The van der Waals surface area contributed by atoms with Crippen molar-refractivity contribution in [2.45, 2.75) is 58.1 Å². The predicted molar refractivity (Wildman–Crippen MR) is 85.5 cm³/mol. The van der Waals surface area contributed by atoms with Crippen molar-refractivity contribution in [3.05, 3.63) is 12.2 Å². The van der Waals surface area contributed by atoms with Crippen LogP contribution in [0.25, 0.3) is 0 Å². The van der Waals surface area contributed by atoms with Crippen molar-refractivity contribution in [1.29, 1.82) is 0 Å². The summed E-state index contributed by atoms with van der Waals surface area (Å²) >= 11 is 0. The van der Waals surface area contributed by atoms with Gasteiger partial charge in [0.1, 0.15) is 5.60 Å². The van der Waals surface area contributed by atoms with Crippen LogP contribution in [0.2, 0.25) is 0 Å². The first-order chi connectivity index (χ1) is 10.3. The Hall–Kier alpha value is -1.52. The lowest BCUT2D eigenvalue weighted by molar-refractivity contribution is -0.136. The van der Waals surface area contributed by atoms with E-state index in [0.29, 0.717) is 13.1 Å². The predicted octanol–water partition coefficient (Wildman–Crippen LogP) is 2.81. The van der Waals surface area contributed by atoms with Crippen LogP contribution in [-0.4, -0.2) is 53.6 Å². The average molecular weight is 308 g/mol. The zero-order chi connectivity index (χ0) is 16.3. The molecule has 0 aromatic heterocycles. The molecule has 0 saturated carbocycles. The standard InChI is InChI=1S/C17H28N2O3/c1-17(2,3)22-16(21)19-11-9-14(10-12-19)18(4)15(20)13-7-5-6-8-13/h5-6,13-14H,7-12H2,1-4H3. The number of amides is 2. The molecule has 2 aliphatic rings. The quantitative estimate of drug-likeness (QED) is 0.737. The Kier molecular flexibility index (Phi) is 5.14. The summed E-state index contributed by atoms with van der Waals surface area (Å²) < 4.78 is 5.40. The van der Waals surface area contributed by atoms with Gasteiger partial charge in [-0.25, -0.2) is 4.79 Å². The minimum Gasteiger partial charge on any atom is -0.444 e. The molecule has 124 valence electrons. The van der Waals surface area contributed by atoms with Crippen LogP contribution in [0.4, 0.5) is 4.79 Å². The number of ether oxygens (including phenoxy) is 1. The topological polar surface area (TPSA) is 49.9 Å². The number of carbonyl (C=O) groups excluding carboxylic acids is 2. The highest BCUT2D eigenvalue weighted by atomic mass is 16.6. The molecule has 1 saturated heterocycles. The normalized spacial score (nSPS) is 20.3. The summed E-state index contributed by atoms with van der Waals surface area (Å²) in [6.45, 7) is 6.93. The van der Waals surface area contributed by atoms with Gasteiger partial charge in [-0.15, -0.1) is 0 Å². The monoisotopic (exact) mass is 308 g/mol. The van der Waals surface area contributed by atoms with Crippen molar-refractivity contribution in [2.75, 3.05) is 20.1 Å². The minimum atomic E-state index is -0.462. The highest BCUT2D eigenvalue weighted by Crippen LogP contribution is 2.24. The van der Waals surface area contributed by atoms with Crippen LogP contribution in [0.3, 0.4) is 0 Å². The maximum atomic E-state index is 12.4. The van der Waals surface area contributed by atoms with E-state index in [2.05, 4.69) is 12.2 Å². The molecule has 1 fully saturated rings. The number of rotatable bonds is 2. The zero-order valence-corrected chi connectivity index (χ0v) is 14.2. The molecule has 1 aliphatic heterocycles. The first-order valence-corrected chi connectivity index (χ1v) is 8.17. The molecular formula is C17H28N2O3. The molecule has 1 heterocycles. The Morgan fingerprint density at radius 3 is 2.18 bits per heavy atom. The molecule has 0 aromatic carbocycles. The first kappa shape index (κ1) is 16.8. The number of hydrogen-bond donors (Lipinski definition) is 0. The van der Waals surface area contributed by atoms with Crippen LogP contribution in [-0.2, 0) is 9.53 Å². The molecular weight excluding hydrogens is 280 g/mol. The second-order valence-electron chi connectivity index (χ2n) is 7.29. The molecule has 5 nitrogen and oxygen atoms in total. The summed E-state index contributed by atoms with van der Waals surface area (Å²) in [6, 6.07) is 0.229. The van der Waals surface area contributed by atoms with Crippen molar-refractivity contribution >= 4 is 12.0 Å². The third-order valence-corrected chi connectivity index (χ3v) is 4.37. The number of carbonyl (C=O) groups is 2. The van der Waals surface area contributed by atoms with Gasteiger partial charge in [-0.2, -0.15) is 0 Å². The molecule has 0 unspecified atom stereocenters. The maximum absolute atomic E-state index is 12.4. The summed E-state index contributed by atoms with van der Waals surface area (Å²) in [5.74, 6) is 0.356. The molecule has 1 aliphatic carbocycles. The molecule has 0 N–H and O–H groups in total. The summed E-state index contributed by atoms with van der Waals surface area (Å²) in [7, 11) is 1.90. The van der Waals surface area contributed by atoms with E-state index in [1.807, 2.05) is 32.7 Å². The van der Waals surface area contributed by atoms with Gasteiger partial charge >= 0.3 is 6.09 Å². The molecule has 0 aromatic rings. The summed E-state index contributed by atoms with van der Waals surface area (Å²) in [4.78, 5) is 28.1. The maximum Gasteiger partial charge on any atom is 0.410 e. The van der Waals surface area contributed by atoms with Crippen LogP contribution in [0.1, 0.15) is 46.5 Å². The van der Waals surface area contributed by atoms with E-state index in [-0.39, 0.29) is 24.0 Å². The Labute approximate surface area is 133 Å². The summed E-state index contributed by atoms with van der Waals surface area (Å²) in [6.07, 6.45) is 7.28. The first-order valence-electron chi connectivity index (χ1n) is 8.17. The van der Waals surface area contributed by atoms with E-state index < -0.39 is 5.60 Å². The van der Waals surface area contributed by atoms with Gasteiger partial charge in [0.05, 0.1) is 0 Å². The largest absolute Gasteiger partial charge is 0.444 e. The van der Waals surface area contributed by atoms with Crippen molar-refractivity contribution in [3.63, 3.8) is 0 Å². The number of likely N-dealkylation sites (tertiary alicyclic amines) is 1. The van der Waals surface area contributed by atoms with E-state index in [1.165, 1.54) is 0 Å². The van der Waals surface area contributed by atoms with Gasteiger partial charge in [0.2, 0.25) is 5.91 Å². The smallest absolute Gasteiger partial charge is 0.410 e. The molecule has 0 atom stereocenters. The summed E-state index contributed by atoms with van der Waals surface area (Å²) in [5.41, 5.74) is -0.462. The number of allylic oxidation sites excluding steroid dienone is 2. The van der Waals surface area contributed by atoms with E-state index in [4.69, 9.17) is 4.74 Å². The Balaban J connectivity index is 1.81. The second kappa shape index (κ2) is 6.71. The van der Waals surface area contributed by atoms with Gasteiger partial charge < -0.3 is 14.5 Å². The van der Waals surface area contributed by atoms with Crippen LogP contribution >= 0.6 is 0 Å². The Bertz CT molecular complexity index is 437. The SMILES string of the molecule is CN(C(=O)C1CC=CC1)C1CCN(C(=O)OC(C)(C)C)CC1. The third kappa shape index (κ3) is 4.24. The highest BCUT2D eigenvalue weighted by Gasteiger charge is 2.32. The lowest BCUT2D eigenvalue weighted by atomic mass is 10.00. The van der Waals surface area contributed by atoms with Gasteiger partial charge in [-0.1, -0.05) is 12.2 Å². The minimum absolute atomic E-state index is 0.119. The van der Waals surface area contributed by atoms with Crippen LogP contribution in [0.15, 0.2) is 12.2 Å². The van der Waals surface area contributed by atoms with E-state index in [0.717, 1.165) is 25.7 Å². The fraction of sp³-hybridized carbons (Fsp3) is 0.765. The molecule has 0 radical (unpaired) electrons. The van der Waals surface area contributed by atoms with Gasteiger partial charge in [0, 0.05) is 32.1 Å². The van der Waals surface area contributed by atoms with Crippen molar-refractivity contribution in [3.8, 4) is 0 Å². The van der Waals surface area contributed by atoms with Crippen molar-refractivity contribution in [1.82, 2.24) is 9.80 Å². The lowest BCUT2D eigenvalue weighted by Gasteiger charge is -2.38. The van der Waals surface area contributed by atoms with Crippen molar-refractivity contribution in [2.24, 2.45) is 5.92 Å². The summed E-state index contributed by atoms with van der Waals surface area (Å²) in [5, 5.41) is 0. The molecule has 2 amide bonds. The Morgan fingerprint density at radius 2 is 1.68 bits per heavy atom. The van der Waals surface area contributed by atoms with E-state index in [9.17, 15) is 9.59 Å². The number of nitrogens with zero attached hydrogens (tertiary/aromatic N) is 2. The van der Waals surface area contributed by atoms with Gasteiger partial charge in [0.25, 0.3) is 0 Å². The molecule has 5 heteroatoms. The third-order valence-electron chi connectivity index (χ3n) is 4.37. The van der Waals surface area contributed by atoms with Gasteiger partial charge in [0.15, 0.2) is 0 Å².